The minimum Gasteiger partial charge on any atom is -0.493 e. The molecule has 0 fully saturated rings. The number of methoxy groups -OCH3 is 2. The van der Waals surface area contributed by atoms with E-state index >= 15 is 0 Å². The van der Waals surface area contributed by atoms with E-state index in [4.69, 9.17) is 23.0 Å². The Balaban J connectivity index is 1.70. The Morgan fingerprint density at radius 1 is 1.12 bits per heavy atom. The van der Waals surface area contributed by atoms with E-state index in [-0.39, 0.29) is 24.0 Å². The molecule has 8 heteroatoms. The smallest absolute Gasteiger partial charge is 0.342 e. The molecular weight excluding hydrogens is 316 g/mol. The zero-order valence-electron chi connectivity index (χ0n) is 13.0. The first-order valence-electron chi connectivity index (χ1n) is 6.97. The van der Waals surface area contributed by atoms with Crippen LogP contribution in [0.4, 0.5) is 0 Å². The molecule has 0 atom stereocenters. The summed E-state index contributed by atoms with van der Waals surface area (Å²) in [6.07, 6.45) is 1.49. The second kappa shape index (κ2) is 6.86. The largest absolute Gasteiger partial charge is 0.493 e. The molecule has 0 aliphatic heterocycles. The molecule has 0 radical (unpaired) electrons. The van der Waals surface area contributed by atoms with E-state index in [9.17, 15) is 4.79 Å². The molecule has 0 bridgehead atoms. The number of aromatic nitrogens is 2. The number of ether oxygens (including phenoxy) is 3. The number of furan rings is 1. The fourth-order valence-corrected chi connectivity index (χ4v) is 2.06. The lowest BCUT2D eigenvalue weighted by Gasteiger charge is -2.11. The molecule has 3 rings (SSSR count). The average Bonchev–Trinajstić information content (AvgIpc) is 3.29. The Kier molecular flexibility index (Phi) is 4.46. The molecule has 0 spiro atoms. The van der Waals surface area contributed by atoms with E-state index in [0.717, 1.165) is 0 Å². The quantitative estimate of drug-likeness (QED) is 0.636. The highest BCUT2D eigenvalue weighted by molar-refractivity contribution is 5.93. The number of hydrogen-bond donors (Lipinski definition) is 0. The van der Waals surface area contributed by atoms with E-state index in [1.54, 1.807) is 30.3 Å². The van der Waals surface area contributed by atoms with Crippen molar-refractivity contribution in [1.29, 1.82) is 0 Å². The highest BCUT2D eigenvalue weighted by atomic mass is 16.5. The van der Waals surface area contributed by atoms with Crippen LogP contribution in [0.2, 0.25) is 0 Å². The number of esters is 1. The van der Waals surface area contributed by atoms with Crippen molar-refractivity contribution in [3.8, 4) is 23.1 Å². The SMILES string of the molecule is COc1cccc(C(=O)OCc2nnc(-c3ccco3)o2)c1OC. The van der Waals surface area contributed by atoms with E-state index < -0.39 is 5.97 Å². The van der Waals surface area contributed by atoms with Gasteiger partial charge in [0.15, 0.2) is 23.9 Å². The Hall–Kier alpha value is -3.29. The van der Waals surface area contributed by atoms with E-state index in [2.05, 4.69) is 10.2 Å². The molecule has 0 aliphatic carbocycles. The third-order valence-corrected chi connectivity index (χ3v) is 3.15. The van der Waals surface area contributed by atoms with E-state index in [0.29, 0.717) is 17.3 Å². The van der Waals surface area contributed by atoms with Crippen LogP contribution in [-0.2, 0) is 11.3 Å². The molecule has 3 aromatic rings. The lowest BCUT2D eigenvalue weighted by Crippen LogP contribution is -2.08. The Morgan fingerprint density at radius 2 is 2.00 bits per heavy atom. The maximum Gasteiger partial charge on any atom is 0.342 e. The Morgan fingerprint density at radius 3 is 2.71 bits per heavy atom. The first-order chi connectivity index (χ1) is 11.7. The molecule has 1 aromatic carbocycles. The fraction of sp³-hybridized carbons (Fsp3) is 0.188. The molecule has 0 N–H and O–H groups in total. The summed E-state index contributed by atoms with van der Waals surface area (Å²) in [5.74, 6) is 0.941. The van der Waals surface area contributed by atoms with Gasteiger partial charge in [0.1, 0.15) is 5.56 Å². The minimum absolute atomic E-state index is 0.150. The molecule has 124 valence electrons. The maximum atomic E-state index is 12.2. The lowest BCUT2D eigenvalue weighted by molar-refractivity contribution is 0.0434. The summed E-state index contributed by atoms with van der Waals surface area (Å²) in [5, 5.41) is 7.63. The number of rotatable bonds is 6. The zero-order valence-corrected chi connectivity index (χ0v) is 13.0. The van der Waals surface area contributed by atoms with Crippen molar-refractivity contribution in [3.05, 3.63) is 48.0 Å². The minimum atomic E-state index is -0.594. The van der Waals surface area contributed by atoms with Gasteiger partial charge in [0.05, 0.1) is 20.5 Å². The number of para-hydroxylation sites is 1. The van der Waals surface area contributed by atoms with Gasteiger partial charge in [0.2, 0.25) is 0 Å². The zero-order chi connectivity index (χ0) is 16.9. The summed E-state index contributed by atoms with van der Waals surface area (Å²) in [6.45, 7) is -0.174. The van der Waals surface area contributed by atoms with E-state index in [1.165, 1.54) is 20.5 Å². The normalized spacial score (nSPS) is 10.4. The highest BCUT2D eigenvalue weighted by Crippen LogP contribution is 2.31. The number of hydrogen-bond acceptors (Lipinski definition) is 8. The number of benzene rings is 1. The standard InChI is InChI=1S/C16H14N2O6/c1-20-11-6-3-5-10(14(11)21-2)16(19)23-9-13-17-18-15(24-13)12-7-4-8-22-12/h3-8H,9H2,1-2H3. The summed E-state index contributed by atoms with van der Waals surface area (Å²) in [4.78, 5) is 12.2. The van der Waals surface area contributed by atoms with Gasteiger partial charge in [-0.15, -0.1) is 10.2 Å². The van der Waals surface area contributed by atoms with Crippen LogP contribution in [0.25, 0.3) is 11.7 Å². The summed E-state index contributed by atoms with van der Waals surface area (Å²) in [5.41, 5.74) is 0.239. The van der Waals surface area contributed by atoms with Crippen LogP contribution >= 0.6 is 0 Å². The second-order valence-corrected chi connectivity index (χ2v) is 4.60. The third kappa shape index (κ3) is 3.07. The van der Waals surface area contributed by atoms with Crippen molar-refractivity contribution in [2.45, 2.75) is 6.61 Å². The first-order valence-corrected chi connectivity index (χ1v) is 6.97. The number of carbonyl (C=O) groups excluding carboxylic acids is 1. The molecule has 0 amide bonds. The van der Waals surface area contributed by atoms with Crippen molar-refractivity contribution in [3.63, 3.8) is 0 Å². The third-order valence-electron chi connectivity index (χ3n) is 3.15. The predicted molar refractivity (Wildman–Crippen MR) is 80.7 cm³/mol. The molecule has 2 aromatic heterocycles. The molecule has 2 heterocycles. The maximum absolute atomic E-state index is 12.2. The summed E-state index contributed by atoms with van der Waals surface area (Å²) >= 11 is 0. The van der Waals surface area contributed by atoms with Crippen LogP contribution < -0.4 is 9.47 Å². The van der Waals surface area contributed by atoms with Crippen molar-refractivity contribution in [2.75, 3.05) is 14.2 Å². The van der Waals surface area contributed by atoms with Crippen molar-refractivity contribution in [2.24, 2.45) is 0 Å². The summed E-state index contributed by atoms with van der Waals surface area (Å²) < 4.78 is 26.1. The van der Waals surface area contributed by atoms with Gasteiger partial charge in [-0.2, -0.15) is 0 Å². The van der Waals surface area contributed by atoms with Gasteiger partial charge in [0.25, 0.3) is 11.8 Å². The van der Waals surface area contributed by atoms with Crippen LogP contribution in [0.15, 0.2) is 45.4 Å². The number of nitrogens with zero attached hydrogens (tertiary/aromatic N) is 2. The van der Waals surface area contributed by atoms with Crippen LogP contribution in [0.1, 0.15) is 16.2 Å². The van der Waals surface area contributed by atoms with Crippen LogP contribution in [0, 0.1) is 0 Å². The summed E-state index contributed by atoms with van der Waals surface area (Å²) in [6, 6.07) is 8.31. The highest BCUT2D eigenvalue weighted by Gasteiger charge is 2.19. The lowest BCUT2D eigenvalue weighted by atomic mass is 10.2. The predicted octanol–water partition coefficient (Wildman–Crippen LogP) is 2.70. The molecule has 24 heavy (non-hydrogen) atoms. The molecular formula is C16H14N2O6. The topological polar surface area (TPSA) is 96.8 Å². The van der Waals surface area contributed by atoms with Gasteiger partial charge < -0.3 is 23.0 Å². The molecule has 0 unspecified atom stereocenters. The average molecular weight is 330 g/mol. The number of carbonyl (C=O) groups is 1. The van der Waals surface area contributed by atoms with Gasteiger partial charge in [-0.1, -0.05) is 6.07 Å². The van der Waals surface area contributed by atoms with Crippen molar-refractivity contribution in [1.82, 2.24) is 10.2 Å². The Bertz CT molecular complexity index is 825. The molecule has 8 nitrogen and oxygen atoms in total. The Labute approximate surface area is 137 Å². The van der Waals surface area contributed by atoms with Gasteiger partial charge in [-0.05, 0) is 24.3 Å². The van der Waals surface area contributed by atoms with Crippen LogP contribution in [0.5, 0.6) is 11.5 Å². The van der Waals surface area contributed by atoms with Crippen LogP contribution in [-0.4, -0.2) is 30.4 Å². The summed E-state index contributed by atoms with van der Waals surface area (Å²) in [7, 11) is 2.93. The van der Waals surface area contributed by atoms with E-state index in [1.807, 2.05) is 0 Å². The molecule has 0 saturated carbocycles. The molecule has 0 aliphatic rings. The molecule has 0 saturated heterocycles. The van der Waals surface area contributed by atoms with Crippen molar-refractivity contribution >= 4 is 5.97 Å². The van der Waals surface area contributed by atoms with Gasteiger partial charge in [-0.3, -0.25) is 0 Å². The fourth-order valence-electron chi connectivity index (χ4n) is 2.06. The van der Waals surface area contributed by atoms with Gasteiger partial charge in [0, 0.05) is 0 Å². The monoisotopic (exact) mass is 330 g/mol. The van der Waals surface area contributed by atoms with Gasteiger partial charge >= 0.3 is 5.97 Å². The van der Waals surface area contributed by atoms with Gasteiger partial charge in [-0.25, -0.2) is 4.79 Å². The van der Waals surface area contributed by atoms with Crippen LogP contribution in [0.3, 0.4) is 0 Å². The second-order valence-electron chi connectivity index (χ2n) is 4.60. The first kappa shape index (κ1) is 15.6. The van der Waals surface area contributed by atoms with Crippen molar-refractivity contribution < 1.29 is 27.8 Å².